The van der Waals surface area contributed by atoms with Crippen molar-refractivity contribution in [2.45, 2.75) is 37.8 Å². The number of H-pyrrole nitrogens is 1. The molecule has 0 bridgehead atoms. The van der Waals surface area contributed by atoms with Crippen LogP contribution in [-0.2, 0) is 4.74 Å². The van der Waals surface area contributed by atoms with E-state index in [0.29, 0.717) is 15.9 Å². The fraction of sp³-hybridized carbons (Fsp3) is 0.562. The Morgan fingerprint density at radius 1 is 1.33 bits per heavy atom. The lowest BCUT2D eigenvalue weighted by Gasteiger charge is -2.32. The number of ether oxygens (including phenoxy) is 1. The van der Waals surface area contributed by atoms with E-state index in [2.05, 4.69) is 20.2 Å². The van der Waals surface area contributed by atoms with Gasteiger partial charge in [-0.3, -0.25) is 4.79 Å². The van der Waals surface area contributed by atoms with Crippen LogP contribution in [0.5, 0.6) is 0 Å². The van der Waals surface area contributed by atoms with E-state index in [-0.39, 0.29) is 17.8 Å². The SMILES string of the molecule is COC(=O)c1scc2[nH]c(C(=O)NC3CCN(C4CC4)CC3)nc12. The number of carbonyl (C=O) groups excluding carboxylic acids is 2. The maximum absolute atomic E-state index is 12.4. The first kappa shape index (κ1) is 15.6. The second-order valence-electron chi connectivity index (χ2n) is 6.42. The standard InChI is InChI=1S/C16H20N4O3S/c1-23-16(22)13-12-11(8-24-13)18-14(19-12)15(21)17-9-4-6-20(7-5-9)10-2-3-10/h8-10H,2-7H2,1H3,(H,17,21)(H,18,19). The van der Waals surface area contributed by atoms with Crippen LogP contribution in [0.25, 0.3) is 11.0 Å². The molecule has 0 unspecified atom stereocenters. The zero-order valence-electron chi connectivity index (χ0n) is 13.5. The van der Waals surface area contributed by atoms with Crippen LogP contribution in [0.15, 0.2) is 5.38 Å². The number of aromatic amines is 1. The second kappa shape index (κ2) is 6.18. The molecule has 1 aliphatic heterocycles. The van der Waals surface area contributed by atoms with Gasteiger partial charge in [0.2, 0.25) is 0 Å². The van der Waals surface area contributed by atoms with E-state index in [1.807, 2.05) is 0 Å². The number of methoxy groups -OCH3 is 1. The molecule has 7 nitrogen and oxygen atoms in total. The number of amides is 1. The molecule has 1 aliphatic carbocycles. The summed E-state index contributed by atoms with van der Waals surface area (Å²) in [5, 5.41) is 4.83. The number of rotatable bonds is 4. The van der Waals surface area contributed by atoms with Gasteiger partial charge < -0.3 is 19.9 Å². The molecule has 0 aromatic carbocycles. The number of hydrogen-bond donors (Lipinski definition) is 2. The number of hydrogen-bond acceptors (Lipinski definition) is 6. The molecule has 2 fully saturated rings. The summed E-state index contributed by atoms with van der Waals surface area (Å²) >= 11 is 1.26. The van der Waals surface area contributed by atoms with Gasteiger partial charge in [-0.2, -0.15) is 0 Å². The van der Waals surface area contributed by atoms with Crippen molar-refractivity contribution in [3.63, 3.8) is 0 Å². The number of nitrogens with one attached hydrogen (secondary N) is 2. The molecular weight excluding hydrogens is 328 g/mol. The maximum atomic E-state index is 12.4. The van der Waals surface area contributed by atoms with E-state index in [4.69, 9.17) is 4.74 Å². The Labute approximate surface area is 143 Å². The Hall–Kier alpha value is -1.93. The van der Waals surface area contributed by atoms with Crippen molar-refractivity contribution < 1.29 is 14.3 Å². The van der Waals surface area contributed by atoms with Crippen LogP contribution >= 0.6 is 11.3 Å². The summed E-state index contributed by atoms with van der Waals surface area (Å²) in [5.74, 6) is -0.389. The second-order valence-corrected chi connectivity index (χ2v) is 7.30. The Balaban J connectivity index is 1.42. The van der Waals surface area contributed by atoms with Gasteiger partial charge in [0.25, 0.3) is 5.91 Å². The molecule has 24 heavy (non-hydrogen) atoms. The molecule has 1 saturated heterocycles. The van der Waals surface area contributed by atoms with Crippen molar-refractivity contribution in [2.75, 3.05) is 20.2 Å². The largest absolute Gasteiger partial charge is 0.465 e. The fourth-order valence-electron chi connectivity index (χ4n) is 3.27. The van der Waals surface area contributed by atoms with Gasteiger partial charge in [-0.15, -0.1) is 11.3 Å². The summed E-state index contributed by atoms with van der Waals surface area (Å²) in [4.78, 5) is 34.4. The lowest BCUT2D eigenvalue weighted by atomic mass is 10.0. The first-order valence-corrected chi connectivity index (χ1v) is 9.14. The van der Waals surface area contributed by atoms with Crippen molar-refractivity contribution in [3.8, 4) is 0 Å². The molecule has 0 atom stereocenters. The molecule has 0 spiro atoms. The molecule has 0 radical (unpaired) electrons. The lowest BCUT2D eigenvalue weighted by molar-refractivity contribution is 0.0607. The molecule has 2 N–H and O–H groups in total. The Morgan fingerprint density at radius 2 is 2.08 bits per heavy atom. The zero-order valence-corrected chi connectivity index (χ0v) is 14.3. The lowest BCUT2D eigenvalue weighted by Crippen LogP contribution is -2.45. The number of esters is 1. The number of piperidine rings is 1. The highest BCUT2D eigenvalue weighted by Gasteiger charge is 2.32. The van der Waals surface area contributed by atoms with Gasteiger partial charge in [-0.1, -0.05) is 0 Å². The number of fused-ring (bicyclic) bond motifs is 1. The van der Waals surface area contributed by atoms with E-state index >= 15 is 0 Å². The van der Waals surface area contributed by atoms with Crippen molar-refractivity contribution in [3.05, 3.63) is 16.1 Å². The van der Waals surface area contributed by atoms with Crippen LogP contribution in [0.2, 0.25) is 0 Å². The van der Waals surface area contributed by atoms with Crippen molar-refractivity contribution in [1.29, 1.82) is 0 Å². The van der Waals surface area contributed by atoms with E-state index in [0.717, 1.165) is 32.0 Å². The molecule has 2 aliphatic rings. The molecule has 128 valence electrons. The predicted octanol–water partition coefficient (Wildman–Crippen LogP) is 1.77. The maximum Gasteiger partial charge on any atom is 0.350 e. The van der Waals surface area contributed by atoms with E-state index in [9.17, 15) is 9.59 Å². The van der Waals surface area contributed by atoms with Gasteiger partial charge in [0.1, 0.15) is 10.4 Å². The van der Waals surface area contributed by atoms with Crippen LogP contribution in [0.3, 0.4) is 0 Å². The third-order valence-electron chi connectivity index (χ3n) is 4.76. The predicted molar refractivity (Wildman–Crippen MR) is 90.4 cm³/mol. The average Bonchev–Trinajstić information content (AvgIpc) is 3.23. The molecular formula is C16H20N4O3S. The van der Waals surface area contributed by atoms with Gasteiger partial charge >= 0.3 is 5.97 Å². The summed E-state index contributed by atoms with van der Waals surface area (Å²) < 4.78 is 4.74. The number of carbonyl (C=O) groups is 2. The third-order valence-corrected chi connectivity index (χ3v) is 5.70. The van der Waals surface area contributed by atoms with Gasteiger partial charge in [0.15, 0.2) is 5.82 Å². The number of likely N-dealkylation sites (tertiary alicyclic amines) is 1. The van der Waals surface area contributed by atoms with Crippen LogP contribution in [0.1, 0.15) is 46.0 Å². The van der Waals surface area contributed by atoms with Crippen molar-refractivity contribution in [1.82, 2.24) is 20.2 Å². The fourth-order valence-corrected chi connectivity index (χ4v) is 4.12. The number of thiophene rings is 1. The summed E-state index contributed by atoms with van der Waals surface area (Å²) in [6.07, 6.45) is 4.60. The van der Waals surface area contributed by atoms with Crippen LogP contribution in [-0.4, -0.2) is 59.0 Å². The quantitative estimate of drug-likeness (QED) is 0.822. The minimum atomic E-state index is -0.430. The summed E-state index contributed by atoms with van der Waals surface area (Å²) in [6, 6.07) is 0.977. The smallest absolute Gasteiger partial charge is 0.350 e. The van der Waals surface area contributed by atoms with E-state index in [1.165, 1.54) is 31.3 Å². The summed E-state index contributed by atoms with van der Waals surface area (Å²) in [5.41, 5.74) is 1.19. The molecule has 8 heteroatoms. The average molecular weight is 348 g/mol. The first-order chi connectivity index (χ1) is 11.7. The van der Waals surface area contributed by atoms with E-state index < -0.39 is 5.97 Å². The Morgan fingerprint density at radius 3 is 2.75 bits per heavy atom. The van der Waals surface area contributed by atoms with Gasteiger partial charge in [-0.05, 0) is 25.7 Å². The highest BCUT2D eigenvalue weighted by molar-refractivity contribution is 7.13. The topological polar surface area (TPSA) is 87.3 Å². The number of imidazole rings is 1. The molecule has 1 saturated carbocycles. The van der Waals surface area contributed by atoms with Gasteiger partial charge in [0, 0.05) is 30.6 Å². The van der Waals surface area contributed by atoms with Crippen LogP contribution < -0.4 is 5.32 Å². The summed E-state index contributed by atoms with van der Waals surface area (Å²) in [6.45, 7) is 2.10. The minimum absolute atomic E-state index is 0.190. The Bertz CT molecular complexity index is 771. The molecule has 1 amide bonds. The highest BCUT2D eigenvalue weighted by Crippen LogP contribution is 2.29. The highest BCUT2D eigenvalue weighted by atomic mass is 32.1. The van der Waals surface area contributed by atoms with Gasteiger partial charge in [-0.25, -0.2) is 9.78 Å². The third kappa shape index (κ3) is 2.91. The molecule has 3 heterocycles. The van der Waals surface area contributed by atoms with E-state index in [1.54, 1.807) is 5.38 Å². The van der Waals surface area contributed by atoms with Crippen LogP contribution in [0, 0.1) is 0 Å². The normalized spacial score (nSPS) is 19.5. The molecule has 4 rings (SSSR count). The summed E-state index contributed by atoms with van der Waals surface area (Å²) in [7, 11) is 1.34. The Kier molecular flexibility index (Phi) is 4.01. The molecule has 2 aromatic heterocycles. The molecule has 2 aromatic rings. The first-order valence-electron chi connectivity index (χ1n) is 8.26. The number of aromatic nitrogens is 2. The minimum Gasteiger partial charge on any atom is -0.465 e. The van der Waals surface area contributed by atoms with Gasteiger partial charge in [0.05, 0.1) is 12.6 Å². The monoisotopic (exact) mass is 348 g/mol. The van der Waals surface area contributed by atoms with Crippen molar-refractivity contribution >= 4 is 34.2 Å². The number of nitrogens with zero attached hydrogens (tertiary/aromatic N) is 2. The van der Waals surface area contributed by atoms with Crippen LogP contribution in [0.4, 0.5) is 0 Å². The zero-order chi connectivity index (χ0) is 16.7. The van der Waals surface area contributed by atoms with Crippen molar-refractivity contribution in [2.24, 2.45) is 0 Å².